The Hall–Kier alpha value is -4.73. The van der Waals surface area contributed by atoms with Crippen LogP contribution in [0.4, 0.5) is 5.82 Å². The van der Waals surface area contributed by atoms with E-state index in [1.165, 1.54) is 10.9 Å². The number of amides is 1. The quantitative estimate of drug-likeness (QED) is 0.406. The molecule has 0 atom stereocenters. The number of H-pyrrole nitrogens is 1. The number of ether oxygens (including phenoxy) is 1. The van der Waals surface area contributed by atoms with Gasteiger partial charge in [-0.3, -0.25) is 14.6 Å². The first-order chi connectivity index (χ1) is 16.5. The summed E-state index contributed by atoms with van der Waals surface area (Å²) in [6, 6.07) is 17.9. The lowest BCUT2D eigenvalue weighted by molar-refractivity contribution is 0.102. The maximum atomic E-state index is 12.9. The van der Waals surface area contributed by atoms with Crippen LogP contribution >= 0.6 is 0 Å². The van der Waals surface area contributed by atoms with Gasteiger partial charge in [0.25, 0.3) is 11.5 Å². The van der Waals surface area contributed by atoms with Gasteiger partial charge in [-0.05, 0) is 50.2 Å². The summed E-state index contributed by atoms with van der Waals surface area (Å²) >= 11 is 0. The van der Waals surface area contributed by atoms with E-state index in [1.54, 1.807) is 41.9 Å². The van der Waals surface area contributed by atoms with Crippen LogP contribution in [0.5, 0.6) is 5.75 Å². The summed E-state index contributed by atoms with van der Waals surface area (Å²) in [7, 11) is 0. The molecule has 170 valence electrons. The van der Waals surface area contributed by atoms with E-state index in [4.69, 9.17) is 4.74 Å². The Labute approximate surface area is 193 Å². The van der Waals surface area contributed by atoms with Gasteiger partial charge in [0.05, 0.1) is 24.2 Å². The highest BCUT2D eigenvalue weighted by molar-refractivity contribution is 6.04. The monoisotopic (exact) mass is 455 g/mol. The number of aromatic amines is 1. The topological polar surface area (TPSA) is 120 Å². The SMILES string of the molecule is CCOc1ccc(C(=O)Nc2cc(C)nn2-c2nc3c(cnn3-c3ccccc3)c(=O)[nH]2)cc1. The van der Waals surface area contributed by atoms with Gasteiger partial charge < -0.3 is 10.1 Å². The number of hydrogen-bond donors (Lipinski definition) is 2. The first-order valence-corrected chi connectivity index (χ1v) is 10.7. The average molecular weight is 455 g/mol. The van der Waals surface area contributed by atoms with Crippen molar-refractivity contribution in [3.05, 3.63) is 88.5 Å². The Balaban J connectivity index is 1.52. The predicted molar refractivity (Wildman–Crippen MR) is 127 cm³/mol. The number of fused-ring (bicyclic) bond motifs is 1. The van der Waals surface area contributed by atoms with Crippen molar-refractivity contribution in [3.8, 4) is 17.4 Å². The third-order valence-electron chi connectivity index (χ3n) is 5.13. The number of rotatable bonds is 6. The Morgan fingerprint density at radius 3 is 2.59 bits per heavy atom. The molecule has 0 fully saturated rings. The molecule has 0 aliphatic rings. The molecule has 5 aromatic rings. The molecule has 3 heterocycles. The number of anilines is 1. The largest absolute Gasteiger partial charge is 0.494 e. The fraction of sp³-hybridized carbons (Fsp3) is 0.125. The fourth-order valence-electron chi connectivity index (χ4n) is 3.57. The number of nitrogens with one attached hydrogen (secondary N) is 2. The summed E-state index contributed by atoms with van der Waals surface area (Å²) in [5.74, 6) is 0.877. The molecule has 0 unspecified atom stereocenters. The molecule has 2 aromatic carbocycles. The smallest absolute Gasteiger partial charge is 0.263 e. The lowest BCUT2D eigenvalue weighted by atomic mass is 10.2. The minimum absolute atomic E-state index is 0.158. The van der Waals surface area contributed by atoms with Crippen LogP contribution in [0.2, 0.25) is 0 Å². The predicted octanol–water partition coefficient (Wildman–Crippen LogP) is 3.25. The molecule has 0 spiro atoms. The molecule has 10 heteroatoms. The first-order valence-electron chi connectivity index (χ1n) is 10.7. The number of hydrogen-bond acceptors (Lipinski definition) is 6. The number of carbonyl (C=O) groups is 1. The summed E-state index contributed by atoms with van der Waals surface area (Å²) in [5.41, 5.74) is 1.87. The molecule has 0 bridgehead atoms. The molecule has 3 aromatic heterocycles. The molecule has 34 heavy (non-hydrogen) atoms. The summed E-state index contributed by atoms with van der Waals surface area (Å²) in [6.07, 6.45) is 1.47. The van der Waals surface area contributed by atoms with E-state index in [1.807, 2.05) is 37.3 Å². The number of carbonyl (C=O) groups excluding carboxylic acids is 1. The normalized spacial score (nSPS) is 11.0. The van der Waals surface area contributed by atoms with Gasteiger partial charge in [-0.15, -0.1) is 0 Å². The first kappa shape index (κ1) is 21.1. The molecule has 5 rings (SSSR count). The van der Waals surface area contributed by atoms with Crippen LogP contribution in [0.3, 0.4) is 0 Å². The molecule has 0 saturated carbocycles. The third kappa shape index (κ3) is 3.92. The molecule has 0 aliphatic heterocycles. The molecular formula is C24H21N7O3. The lowest BCUT2D eigenvalue weighted by Gasteiger charge is -2.09. The van der Waals surface area contributed by atoms with Crippen molar-refractivity contribution < 1.29 is 9.53 Å². The van der Waals surface area contributed by atoms with E-state index < -0.39 is 0 Å². The molecule has 0 radical (unpaired) electrons. The number of benzene rings is 2. The van der Waals surface area contributed by atoms with Gasteiger partial charge >= 0.3 is 0 Å². The summed E-state index contributed by atoms with van der Waals surface area (Å²) in [6.45, 7) is 4.23. The van der Waals surface area contributed by atoms with E-state index in [2.05, 4.69) is 25.5 Å². The second-order valence-electron chi connectivity index (χ2n) is 7.51. The summed E-state index contributed by atoms with van der Waals surface area (Å²) < 4.78 is 8.41. The zero-order valence-corrected chi connectivity index (χ0v) is 18.5. The van der Waals surface area contributed by atoms with E-state index in [0.29, 0.717) is 40.5 Å². The highest BCUT2D eigenvalue weighted by atomic mass is 16.5. The minimum atomic E-state index is -0.362. The highest BCUT2D eigenvalue weighted by Crippen LogP contribution is 2.19. The average Bonchev–Trinajstić information content (AvgIpc) is 3.44. The van der Waals surface area contributed by atoms with Crippen molar-refractivity contribution in [1.82, 2.24) is 29.5 Å². The Morgan fingerprint density at radius 1 is 1.09 bits per heavy atom. The van der Waals surface area contributed by atoms with Gasteiger partial charge in [0.15, 0.2) is 5.65 Å². The van der Waals surface area contributed by atoms with Crippen molar-refractivity contribution in [2.75, 3.05) is 11.9 Å². The Kier molecular flexibility index (Phi) is 5.38. The van der Waals surface area contributed by atoms with Crippen molar-refractivity contribution in [3.63, 3.8) is 0 Å². The van der Waals surface area contributed by atoms with Gasteiger partial charge in [-0.25, -0.2) is 4.68 Å². The van der Waals surface area contributed by atoms with Gasteiger partial charge in [0, 0.05) is 11.6 Å². The van der Waals surface area contributed by atoms with Gasteiger partial charge in [0.2, 0.25) is 5.95 Å². The molecule has 10 nitrogen and oxygen atoms in total. The van der Waals surface area contributed by atoms with Crippen LogP contribution < -0.4 is 15.6 Å². The fourth-order valence-corrected chi connectivity index (χ4v) is 3.57. The van der Waals surface area contributed by atoms with Crippen molar-refractivity contribution in [2.24, 2.45) is 0 Å². The molecule has 0 aliphatic carbocycles. The lowest BCUT2D eigenvalue weighted by Crippen LogP contribution is -2.19. The summed E-state index contributed by atoms with van der Waals surface area (Å²) in [4.78, 5) is 33.0. The minimum Gasteiger partial charge on any atom is -0.494 e. The van der Waals surface area contributed by atoms with Gasteiger partial charge in [-0.2, -0.15) is 19.9 Å². The van der Waals surface area contributed by atoms with Crippen LogP contribution in [-0.2, 0) is 0 Å². The zero-order chi connectivity index (χ0) is 23.7. The second-order valence-corrected chi connectivity index (χ2v) is 7.51. The second kappa shape index (κ2) is 8.66. The number of para-hydroxylation sites is 1. The van der Waals surface area contributed by atoms with Crippen LogP contribution in [-0.4, -0.2) is 42.0 Å². The maximum Gasteiger partial charge on any atom is 0.263 e. The van der Waals surface area contributed by atoms with Gasteiger partial charge in [-0.1, -0.05) is 18.2 Å². The van der Waals surface area contributed by atoms with Gasteiger partial charge in [0.1, 0.15) is 17.0 Å². The molecule has 2 N–H and O–H groups in total. The molecule has 0 saturated heterocycles. The molecular weight excluding hydrogens is 434 g/mol. The summed E-state index contributed by atoms with van der Waals surface area (Å²) in [5, 5.41) is 11.9. The van der Waals surface area contributed by atoms with Crippen molar-refractivity contribution in [1.29, 1.82) is 0 Å². The standard InChI is InChI=1S/C24H21N7O3/c1-3-34-18-11-9-16(10-12-18)22(32)26-20-13-15(2)29-31(20)24-27-21-19(23(33)28-24)14-25-30(21)17-7-5-4-6-8-17/h4-14H,3H2,1-2H3,(H,26,32)(H,27,28,33). The van der Waals surface area contributed by atoms with Crippen LogP contribution in [0.25, 0.3) is 22.7 Å². The van der Waals surface area contributed by atoms with Crippen LogP contribution in [0.1, 0.15) is 23.0 Å². The van der Waals surface area contributed by atoms with Crippen molar-refractivity contribution in [2.45, 2.75) is 13.8 Å². The van der Waals surface area contributed by atoms with Crippen LogP contribution in [0.15, 0.2) is 71.7 Å². The highest BCUT2D eigenvalue weighted by Gasteiger charge is 2.17. The molecule has 1 amide bonds. The van der Waals surface area contributed by atoms with E-state index in [-0.39, 0.29) is 17.4 Å². The Bertz CT molecular complexity index is 1530. The zero-order valence-electron chi connectivity index (χ0n) is 18.5. The maximum absolute atomic E-state index is 12.9. The van der Waals surface area contributed by atoms with E-state index >= 15 is 0 Å². The number of aryl methyl sites for hydroxylation is 1. The third-order valence-corrected chi connectivity index (χ3v) is 5.13. The van der Waals surface area contributed by atoms with E-state index in [0.717, 1.165) is 5.69 Å². The van der Waals surface area contributed by atoms with Crippen molar-refractivity contribution >= 4 is 22.8 Å². The Morgan fingerprint density at radius 2 is 1.85 bits per heavy atom. The van der Waals surface area contributed by atoms with E-state index in [9.17, 15) is 9.59 Å². The number of nitrogens with zero attached hydrogens (tertiary/aromatic N) is 5. The number of aromatic nitrogens is 6. The van der Waals surface area contributed by atoms with Crippen LogP contribution in [0, 0.1) is 6.92 Å².